The topological polar surface area (TPSA) is 69.0 Å². The van der Waals surface area contributed by atoms with Crippen LogP contribution < -0.4 is 5.32 Å². The Morgan fingerprint density at radius 1 is 1.40 bits per heavy atom. The number of amides is 1. The Labute approximate surface area is 117 Å². The summed E-state index contributed by atoms with van der Waals surface area (Å²) in [5.41, 5.74) is 1.42. The molecular formula is C14H18N4O2. The summed E-state index contributed by atoms with van der Waals surface area (Å²) >= 11 is 0. The molecule has 1 aromatic heterocycles. The molecule has 0 saturated heterocycles. The van der Waals surface area contributed by atoms with Crippen LogP contribution in [0.15, 0.2) is 36.5 Å². The molecule has 6 heteroatoms. The zero-order chi connectivity index (χ0) is 14.4. The van der Waals surface area contributed by atoms with E-state index in [1.165, 1.54) is 0 Å². The second kappa shape index (κ2) is 6.81. The first-order valence-corrected chi connectivity index (χ1v) is 6.46. The largest absolute Gasteiger partial charge is 0.383 e. The first-order valence-electron chi connectivity index (χ1n) is 6.46. The Bertz CT molecular complexity index is 553. The lowest BCUT2D eigenvalue weighted by molar-refractivity contribution is 0.0932. The number of carbonyl (C=O) groups is 1. The molecule has 1 heterocycles. The number of benzene rings is 1. The molecule has 1 amide bonds. The maximum atomic E-state index is 11.8. The van der Waals surface area contributed by atoms with Crippen LogP contribution in [-0.2, 0) is 4.74 Å². The molecule has 0 fully saturated rings. The average molecular weight is 274 g/mol. The van der Waals surface area contributed by atoms with E-state index >= 15 is 0 Å². The molecule has 0 saturated carbocycles. The van der Waals surface area contributed by atoms with E-state index in [0.29, 0.717) is 18.8 Å². The van der Waals surface area contributed by atoms with Crippen molar-refractivity contribution < 1.29 is 9.53 Å². The number of hydrogen-bond acceptors (Lipinski definition) is 4. The van der Waals surface area contributed by atoms with Gasteiger partial charge in [0.15, 0.2) is 5.69 Å². The molecule has 106 valence electrons. The Hall–Kier alpha value is -2.21. The van der Waals surface area contributed by atoms with Gasteiger partial charge in [0.05, 0.1) is 18.8 Å². The average Bonchev–Trinajstić information content (AvgIpc) is 2.97. The second-order valence-corrected chi connectivity index (χ2v) is 4.42. The van der Waals surface area contributed by atoms with Crippen molar-refractivity contribution in [3.05, 3.63) is 47.8 Å². The van der Waals surface area contributed by atoms with E-state index in [4.69, 9.17) is 4.74 Å². The smallest absolute Gasteiger partial charge is 0.273 e. The lowest BCUT2D eigenvalue weighted by Gasteiger charge is -2.10. The molecule has 2 rings (SSSR count). The van der Waals surface area contributed by atoms with Crippen LogP contribution in [0, 0.1) is 0 Å². The van der Waals surface area contributed by atoms with Gasteiger partial charge in [-0.05, 0) is 12.5 Å². The van der Waals surface area contributed by atoms with Crippen molar-refractivity contribution in [1.82, 2.24) is 20.3 Å². The molecule has 20 heavy (non-hydrogen) atoms. The minimum Gasteiger partial charge on any atom is -0.383 e. The fourth-order valence-corrected chi connectivity index (χ4v) is 1.81. The standard InChI is InChI=1S/C14H18N4O2/c1-11(12-6-4-3-5-7-12)18-10-13(16-17-18)14(19)15-8-9-20-2/h3-7,10-11H,8-9H2,1-2H3,(H,15,19)/t11-/m1/s1. The molecule has 0 aliphatic heterocycles. The van der Waals surface area contributed by atoms with Gasteiger partial charge in [0, 0.05) is 13.7 Å². The zero-order valence-electron chi connectivity index (χ0n) is 11.6. The van der Waals surface area contributed by atoms with Gasteiger partial charge in [0.25, 0.3) is 5.91 Å². The summed E-state index contributed by atoms with van der Waals surface area (Å²) in [5, 5.41) is 10.6. The predicted molar refractivity (Wildman–Crippen MR) is 74.5 cm³/mol. The summed E-state index contributed by atoms with van der Waals surface area (Å²) in [7, 11) is 1.59. The van der Waals surface area contributed by atoms with Gasteiger partial charge in [-0.25, -0.2) is 4.68 Å². The second-order valence-electron chi connectivity index (χ2n) is 4.42. The third kappa shape index (κ3) is 3.42. The first-order chi connectivity index (χ1) is 9.72. The molecule has 1 aromatic carbocycles. The Kier molecular flexibility index (Phi) is 4.84. The normalized spacial score (nSPS) is 12.1. The maximum Gasteiger partial charge on any atom is 0.273 e. The molecule has 0 aliphatic rings. The van der Waals surface area contributed by atoms with Crippen molar-refractivity contribution in [2.45, 2.75) is 13.0 Å². The molecule has 0 spiro atoms. The van der Waals surface area contributed by atoms with Crippen molar-refractivity contribution in [3.63, 3.8) is 0 Å². The highest BCUT2D eigenvalue weighted by atomic mass is 16.5. The molecular weight excluding hydrogens is 256 g/mol. The van der Waals surface area contributed by atoms with Crippen LogP contribution in [0.25, 0.3) is 0 Å². The first kappa shape index (κ1) is 14.2. The molecule has 2 aromatic rings. The molecule has 1 atom stereocenters. The van der Waals surface area contributed by atoms with Crippen molar-refractivity contribution in [2.75, 3.05) is 20.3 Å². The van der Waals surface area contributed by atoms with Gasteiger partial charge >= 0.3 is 0 Å². The molecule has 0 radical (unpaired) electrons. The summed E-state index contributed by atoms with van der Waals surface area (Å²) in [6.45, 7) is 2.94. The summed E-state index contributed by atoms with van der Waals surface area (Å²) < 4.78 is 6.55. The number of methoxy groups -OCH3 is 1. The van der Waals surface area contributed by atoms with Crippen molar-refractivity contribution >= 4 is 5.91 Å². The fourth-order valence-electron chi connectivity index (χ4n) is 1.81. The van der Waals surface area contributed by atoms with E-state index in [0.717, 1.165) is 5.56 Å². The van der Waals surface area contributed by atoms with E-state index < -0.39 is 0 Å². The van der Waals surface area contributed by atoms with Crippen LogP contribution >= 0.6 is 0 Å². The third-order valence-corrected chi connectivity index (χ3v) is 3.01. The van der Waals surface area contributed by atoms with E-state index in [-0.39, 0.29) is 11.9 Å². The van der Waals surface area contributed by atoms with Gasteiger partial charge in [-0.3, -0.25) is 4.79 Å². The summed E-state index contributed by atoms with van der Waals surface area (Å²) in [6.07, 6.45) is 1.65. The lowest BCUT2D eigenvalue weighted by atomic mass is 10.1. The summed E-state index contributed by atoms with van der Waals surface area (Å²) in [6, 6.07) is 9.98. The van der Waals surface area contributed by atoms with Crippen LogP contribution in [0.5, 0.6) is 0 Å². The number of aromatic nitrogens is 3. The third-order valence-electron chi connectivity index (χ3n) is 3.01. The number of ether oxygens (including phenoxy) is 1. The van der Waals surface area contributed by atoms with Crippen LogP contribution in [0.1, 0.15) is 29.0 Å². The number of nitrogens with one attached hydrogen (secondary N) is 1. The zero-order valence-corrected chi connectivity index (χ0v) is 11.6. The number of nitrogens with zero attached hydrogens (tertiary/aromatic N) is 3. The summed E-state index contributed by atoms with van der Waals surface area (Å²) in [5.74, 6) is -0.242. The van der Waals surface area contributed by atoms with Gasteiger partial charge in [0.2, 0.25) is 0 Å². The van der Waals surface area contributed by atoms with Crippen molar-refractivity contribution in [3.8, 4) is 0 Å². The number of hydrogen-bond donors (Lipinski definition) is 1. The molecule has 1 N–H and O–H groups in total. The van der Waals surface area contributed by atoms with Gasteiger partial charge in [-0.1, -0.05) is 35.5 Å². The van der Waals surface area contributed by atoms with Gasteiger partial charge in [-0.15, -0.1) is 5.10 Å². The van der Waals surface area contributed by atoms with Crippen molar-refractivity contribution in [2.24, 2.45) is 0 Å². The molecule has 6 nitrogen and oxygen atoms in total. The molecule has 0 unspecified atom stereocenters. The Morgan fingerprint density at radius 3 is 2.85 bits per heavy atom. The SMILES string of the molecule is COCCNC(=O)c1cn([C@H](C)c2ccccc2)nn1. The van der Waals surface area contributed by atoms with Gasteiger partial charge in [0.1, 0.15) is 0 Å². The molecule has 0 bridgehead atoms. The summed E-state index contributed by atoms with van der Waals surface area (Å²) in [4.78, 5) is 11.8. The van der Waals surface area contributed by atoms with E-state index in [1.54, 1.807) is 18.0 Å². The minimum absolute atomic E-state index is 0.0317. The van der Waals surface area contributed by atoms with Crippen LogP contribution in [0.2, 0.25) is 0 Å². The fraction of sp³-hybridized carbons (Fsp3) is 0.357. The van der Waals surface area contributed by atoms with Crippen molar-refractivity contribution in [1.29, 1.82) is 0 Å². The van der Waals surface area contributed by atoms with Crippen LogP contribution in [0.3, 0.4) is 0 Å². The van der Waals surface area contributed by atoms with Crippen LogP contribution in [0.4, 0.5) is 0 Å². The van der Waals surface area contributed by atoms with E-state index in [1.807, 2.05) is 37.3 Å². The monoisotopic (exact) mass is 274 g/mol. The highest BCUT2D eigenvalue weighted by Gasteiger charge is 2.14. The predicted octanol–water partition coefficient (Wildman–Crippen LogP) is 1.26. The number of rotatable bonds is 6. The minimum atomic E-state index is -0.242. The number of carbonyl (C=O) groups excluding carboxylic acids is 1. The van der Waals surface area contributed by atoms with Crippen LogP contribution in [-0.4, -0.2) is 41.2 Å². The van der Waals surface area contributed by atoms with E-state index in [2.05, 4.69) is 15.6 Å². The Balaban J connectivity index is 2.03. The highest BCUT2D eigenvalue weighted by molar-refractivity contribution is 5.91. The Morgan fingerprint density at radius 2 is 2.15 bits per heavy atom. The molecule has 0 aliphatic carbocycles. The van der Waals surface area contributed by atoms with E-state index in [9.17, 15) is 4.79 Å². The lowest BCUT2D eigenvalue weighted by Crippen LogP contribution is -2.27. The highest BCUT2D eigenvalue weighted by Crippen LogP contribution is 2.15. The maximum absolute atomic E-state index is 11.8. The van der Waals surface area contributed by atoms with Gasteiger partial charge < -0.3 is 10.1 Å². The van der Waals surface area contributed by atoms with Gasteiger partial charge in [-0.2, -0.15) is 0 Å². The quantitative estimate of drug-likeness (QED) is 0.805.